The smallest absolute Gasteiger partial charge is 0.260 e. The van der Waals surface area contributed by atoms with Crippen molar-refractivity contribution in [2.75, 3.05) is 50.5 Å². The fourth-order valence-corrected chi connectivity index (χ4v) is 5.53. The summed E-state index contributed by atoms with van der Waals surface area (Å²) in [7, 11) is -3.42. The van der Waals surface area contributed by atoms with Crippen molar-refractivity contribution in [3.05, 3.63) is 53.1 Å². The SMILES string of the molecule is Cc1ccc(C)c2sc(N(CCN3CCOCC3)C(=O)c3cccc(S(C)(=O)=O)c3)nc12. The Balaban J connectivity index is 1.71. The molecule has 0 atom stereocenters. The van der Waals surface area contributed by atoms with Crippen LogP contribution in [0.5, 0.6) is 0 Å². The second-order valence-electron chi connectivity index (χ2n) is 8.08. The first-order chi connectivity index (χ1) is 15.2. The zero-order valence-electron chi connectivity index (χ0n) is 18.5. The van der Waals surface area contributed by atoms with Crippen LogP contribution in [0, 0.1) is 13.8 Å². The molecule has 2 heterocycles. The van der Waals surface area contributed by atoms with Gasteiger partial charge < -0.3 is 4.74 Å². The molecule has 9 heteroatoms. The first-order valence-electron chi connectivity index (χ1n) is 10.5. The van der Waals surface area contributed by atoms with E-state index in [1.54, 1.807) is 17.0 Å². The van der Waals surface area contributed by atoms with Gasteiger partial charge >= 0.3 is 0 Å². The van der Waals surface area contributed by atoms with E-state index >= 15 is 0 Å². The molecule has 1 aliphatic heterocycles. The quantitative estimate of drug-likeness (QED) is 0.547. The molecular weight excluding hydrogens is 446 g/mol. The van der Waals surface area contributed by atoms with Gasteiger partial charge in [-0.2, -0.15) is 0 Å². The zero-order valence-corrected chi connectivity index (χ0v) is 20.1. The summed E-state index contributed by atoms with van der Waals surface area (Å²) in [5.41, 5.74) is 3.42. The molecule has 1 aromatic heterocycles. The van der Waals surface area contributed by atoms with Gasteiger partial charge in [0.25, 0.3) is 5.91 Å². The van der Waals surface area contributed by atoms with Crippen molar-refractivity contribution in [3.8, 4) is 0 Å². The van der Waals surface area contributed by atoms with Crippen molar-refractivity contribution >= 4 is 42.4 Å². The minimum atomic E-state index is -3.42. The summed E-state index contributed by atoms with van der Waals surface area (Å²) in [6, 6.07) is 10.3. The van der Waals surface area contributed by atoms with Gasteiger partial charge in [-0.05, 0) is 43.2 Å². The van der Waals surface area contributed by atoms with Crippen molar-refractivity contribution < 1.29 is 17.9 Å². The molecule has 170 valence electrons. The number of hydrogen-bond acceptors (Lipinski definition) is 7. The molecule has 0 saturated carbocycles. The summed E-state index contributed by atoms with van der Waals surface area (Å²) in [5.74, 6) is -0.252. The number of rotatable bonds is 6. The number of amides is 1. The molecule has 0 bridgehead atoms. The highest BCUT2D eigenvalue weighted by atomic mass is 32.2. The first kappa shape index (κ1) is 22.8. The minimum absolute atomic E-state index is 0.132. The Morgan fingerprint density at radius 1 is 1.16 bits per heavy atom. The predicted molar refractivity (Wildman–Crippen MR) is 128 cm³/mol. The number of aryl methyl sites for hydroxylation is 2. The third-order valence-corrected chi connectivity index (χ3v) is 7.98. The Bertz CT molecular complexity index is 1210. The third kappa shape index (κ3) is 4.85. The molecule has 3 aromatic rings. The summed E-state index contributed by atoms with van der Waals surface area (Å²) in [5, 5.41) is 0.625. The van der Waals surface area contributed by atoms with Crippen LogP contribution in [0.15, 0.2) is 41.3 Å². The molecule has 0 spiro atoms. The molecule has 0 N–H and O–H groups in total. The van der Waals surface area contributed by atoms with E-state index in [2.05, 4.69) is 11.0 Å². The van der Waals surface area contributed by atoms with Gasteiger partial charge in [-0.25, -0.2) is 13.4 Å². The summed E-state index contributed by atoms with van der Waals surface area (Å²) >= 11 is 1.50. The summed E-state index contributed by atoms with van der Waals surface area (Å²) < 4.78 is 30.5. The molecule has 1 aliphatic rings. The maximum Gasteiger partial charge on any atom is 0.260 e. The first-order valence-corrected chi connectivity index (χ1v) is 13.2. The van der Waals surface area contributed by atoms with Crippen LogP contribution in [0.2, 0.25) is 0 Å². The summed E-state index contributed by atoms with van der Waals surface area (Å²) in [6.45, 7) is 8.22. The van der Waals surface area contributed by atoms with Gasteiger partial charge in [0.05, 0.1) is 28.3 Å². The lowest BCUT2D eigenvalue weighted by Crippen LogP contribution is -2.43. The van der Waals surface area contributed by atoms with E-state index in [9.17, 15) is 13.2 Å². The average Bonchev–Trinajstić information content (AvgIpc) is 3.23. The van der Waals surface area contributed by atoms with Crippen LogP contribution < -0.4 is 4.90 Å². The molecule has 7 nitrogen and oxygen atoms in total. The second-order valence-corrected chi connectivity index (χ2v) is 11.1. The van der Waals surface area contributed by atoms with E-state index in [1.807, 2.05) is 19.9 Å². The molecule has 4 rings (SSSR count). The highest BCUT2D eigenvalue weighted by Crippen LogP contribution is 2.33. The number of anilines is 1. The Labute approximate surface area is 192 Å². The van der Waals surface area contributed by atoms with Crippen molar-refractivity contribution in [1.82, 2.24) is 9.88 Å². The maximum absolute atomic E-state index is 13.6. The van der Waals surface area contributed by atoms with Crippen LogP contribution in [0.4, 0.5) is 5.13 Å². The van der Waals surface area contributed by atoms with Crippen LogP contribution in [0.1, 0.15) is 21.5 Å². The van der Waals surface area contributed by atoms with Gasteiger partial charge in [0, 0.05) is 38.0 Å². The number of carbonyl (C=O) groups is 1. The van der Waals surface area contributed by atoms with Gasteiger partial charge in [-0.3, -0.25) is 14.6 Å². The fourth-order valence-electron chi connectivity index (χ4n) is 3.73. The molecule has 32 heavy (non-hydrogen) atoms. The van der Waals surface area contributed by atoms with Crippen LogP contribution in [0.25, 0.3) is 10.2 Å². The van der Waals surface area contributed by atoms with Crippen molar-refractivity contribution in [3.63, 3.8) is 0 Å². The zero-order chi connectivity index (χ0) is 22.9. The molecule has 1 amide bonds. The molecule has 1 fully saturated rings. The standard InChI is InChI=1S/C23H27N3O4S2/c1-16-7-8-17(2)21-20(16)24-23(31-21)26(10-9-25-11-13-30-14-12-25)22(27)18-5-4-6-19(15-18)32(3,28)29/h4-8,15H,9-14H2,1-3H3. The average molecular weight is 474 g/mol. The Kier molecular flexibility index (Phi) is 6.62. The lowest BCUT2D eigenvalue weighted by atomic mass is 10.1. The molecule has 0 radical (unpaired) electrons. The molecule has 0 unspecified atom stereocenters. The van der Waals surface area contributed by atoms with Crippen molar-refractivity contribution in [2.24, 2.45) is 0 Å². The van der Waals surface area contributed by atoms with Gasteiger partial charge in [0.15, 0.2) is 15.0 Å². The van der Waals surface area contributed by atoms with Gasteiger partial charge in [0.2, 0.25) is 0 Å². The van der Waals surface area contributed by atoms with E-state index < -0.39 is 9.84 Å². The van der Waals surface area contributed by atoms with Crippen LogP contribution in [-0.2, 0) is 14.6 Å². The number of morpholine rings is 1. The Hall–Kier alpha value is -2.33. The van der Waals surface area contributed by atoms with Gasteiger partial charge in [-0.15, -0.1) is 0 Å². The number of sulfone groups is 1. The molecule has 1 saturated heterocycles. The topological polar surface area (TPSA) is 79.8 Å². The number of nitrogens with zero attached hydrogens (tertiary/aromatic N) is 3. The number of carbonyl (C=O) groups excluding carboxylic acids is 1. The van der Waals surface area contributed by atoms with E-state index in [0.29, 0.717) is 37.0 Å². The van der Waals surface area contributed by atoms with E-state index in [-0.39, 0.29) is 10.8 Å². The normalized spacial score (nSPS) is 15.2. The highest BCUT2D eigenvalue weighted by molar-refractivity contribution is 7.90. The van der Waals surface area contributed by atoms with Crippen LogP contribution in [-0.4, -0.2) is 69.9 Å². The third-order valence-electron chi connectivity index (χ3n) is 5.66. The second kappa shape index (κ2) is 9.27. The van der Waals surface area contributed by atoms with Gasteiger partial charge in [-0.1, -0.05) is 29.5 Å². The summed E-state index contributed by atoms with van der Waals surface area (Å²) in [4.78, 5) is 22.5. The van der Waals surface area contributed by atoms with Crippen LogP contribution >= 0.6 is 11.3 Å². The van der Waals surface area contributed by atoms with E-state index in [4.69, 9.17) is 9.72 Å². The van der Waals surface area contributed by atoms with Crippen molar-refractivity contribution in [1.29, 1.82) is 0 Å². The number of benzene rings is 2. The number of thiazole rings is 1. The number of ether oxygens (including phenoxy) is 1. The van der Waals surface area contributed by atoms with E-state index in [0.717, 1.165) is 40.7 Å². The number of aromatic nitrogens is 1. The predicted octanol–water partition coefficient (Wildman–Crippen LogP) is 3.30. The highest BCUT2D eigenvalue weighted by Gasteiger charge is 2.24. The number of fused-ring (bicyclic) bond motifs is 1. The largest absolute Gasteiger partial charge is 0.379 e. The monoisotopic (exact) mass is 473 g/mol. The van der Waals surface area contributed by atoms with Gasteiger partial charge in [0.1, 0.15) is 0 Å². The molecule has 2 aromatic carbocycles. The van der Waals surface area contributed by atoms with Crippen LogP contribution in [0.3, 0.4) is 0 Å². The van der Waals surface area contributed by atoms with E-state index in [1.165, 1.54) is 23.5 Å². The fraction of sp³-hybridized carbons (Fsp3) is 0.391. The summed E-state index contributed by atoms with van der Waals surface area (Å²) in [6.07, 6.45) is 1.14. The Morgan fingerprint density at radius 3 is 2.56 bits per heavy atom. The molecule has 0 aliphatic carbocycles. The lowest BCUT2D eigenvalue weighted by Gasteiger charge is -2.29. The lowest BCUT2D eigenvalue weighted by molar-refractivity contribution is 0.0391. The molecular formula is C23H27N3O4S2. The minimum Gasteiger partial charge on any atom is -0.379 e. The maximum atomic E-state index is 13.6. The van der Waals surface area contributed by atoms with Crippen molar-refractivity contribution in [2.45, 2.75) is 18.7 Å². The number of hydrogen-bond donors (Lipinski definition) is 0. The Morgan fingerprint density at radius 2 is 1.88 bits per heavy atom.